The highest BCUT2D eigenvalue weighted by Crippen LogP contribution is 2.24. The molecule has 1 aromatic carbocycles. The molecule has 0 radical (unpaired) electrons. The fraction of sp³-hybridized carbons (Fsp3) is 0.545. The molecule has 1 atom stereocenters. The highest BCUT2D eigenvalue weighted by molar-refractivity contribution is 7.09. The van der Waals surface area contributed by atoms with Crippen LogP contribution >= 0.6 is 11.3 Å². The first-order valence-electron chi connectivity index (χ1n) is 10.4. The summed E-state index contributed by atoms with van der Waals surface area (Å²) in [6.45, 7) is 6.24. The summed E-state index contributed by atoms with van der Waals surface area (Å²) in [5.74, 6) is 0.894. The van der Waals surface area contributed by atoms with Crippen molar-refractivity contribution in [2.45, 2.75) is 45.1 Å². The molecule has 2 aromatic rings. The van der Waals surface area contributed by atoms with Gasteiger partial charge in [0, 0.05) is 31.2 Å². The topological polar surface area (TPSA) is 52.6 Å². The van der Waals surface area contributed by atoms with E-state index in [1.165, 1.54) is 36.5 Å². The molecule has 0 bridgehead atoms. The number of benzene rings is 1. The van der Waals surface area contributed by atoms with Gasteiger partial charge in [0.25, 0.3) is 0 Å². The molecule has 1 unspecified atom stereocenters. The lowest BCUT2D eigenvalue weighted by molar-refractivity contribution is 0.245. The van der Waals surface area contributed by atoms with E-state index in [4.69, 9.17) is 0 Å². The average molecular weight is 400 g/mol. The number of unbranched alkanes of at least 4 members (excludes halogenated alkanes) is 1. The highest BCUT2D eigenvalue weighted by atomic mass is 32.1. The SMILES string of the molecule is CN=C(NCCCCc1nc(C)cs1)NCC(c1ccccc1)N1CCCC1. The van der Waals surface area contributed by atoms with Gasteiger partial charge in [-0.05, 0) is 57.7 Å². The zero-order valence-corrected chi connectivity index (χ0v) is 18.0. The van der Waals surface area contributed by atoms with Gasteiger partial charge in [-0.3, -0.25) is 9.89 Å². The molecule has 28 heavy (non-hydrogen) atoms. The van der Waals surface area contributed by atoms with Crippen LogP contribution in [0.25, 0.3) is 0 Å². The van der Waals surface area contributed by atoms with Gasteiger partial charge in [0.1, 0.15) is 0 Å². The van der Waals surface area contributed by atoms with E-state index >= 15 is 0 Å². The summed E-state index contributed by atoms with van der Waals surface area (Å²) < 4.78 is 0. The lowest BCUT2D eigenvalue weighted by Crippen LogP contribution is -2.43. The third-order valence-corrected chi connectivity index (χ3v) is 6.26. The van der Waals surface area contributed by atoms with Crippen molar-refractivity contribution in [2.24, 2.45) is 4.99 Å². The van der Waals surface area contributed by atoms with Crippen LogP contribution in [0.5, 0.6) is 0 Å². The summed E-state index contributed by atoms with van der Waals surface area (Å²) in [6, 6.07) is 11.2. The molecular weight excluding hydrogens is 366 g/mol. The molecule has 0 aliphatic carbocycles. The molecule has 1 aromatic heterocycles. The first-order chi connectivity index (χ1) is 13.8. The molecule has 5 nitrogen and oxygen atoms in total. The summed E-state index contributed by atoms with van der Waals surface area (Å²) in [4.78, 5) is 11.5. The van der Waals surface area contributed by atoms with Crippen LogP contribution in [0.1, 0.15) is 48.0 Å². The van der Waals surface area contributed by atoms with Crippen molar-refractivity contribution in [3.63, 3.8) is 0 Å². The standard InChI is InChI=1S/C22H33N5S/c1-18-17-28-21(26-18)12-6-7-13-24-22(23-2)25-16-20(27-14-8-9-15-27)19-10-4-3-5-11-19/h3-5,10-11,17,20H,6-9,12-16H2,1-2H3,(H2,23,24,25). The maximum absolute atomic E-state index is 4.53. The van der Waals surface area contributed by atoms with E-state index in [0.29, 0.717) is 6.04 Å². The Kier molecular flexibility index (Phi) is 8.30. The third kappa shape index (κ3) is 6.31. The maximum atomic E-state index is 4.53. The quantitative estimate of drug-likeness (QED) is 0.383. The lowest BCUT2D eigenvalue weighted by Gasteiger charge is -2.29. The van der Waals surface area contributed by atoms with Gasteiger partial charge in [-0.15, -0.1) is 11.3 Å². The molecule has 0 spiro atoms. The number of nitrogens with zero attached hydrogens (tertiary/aromatic N) is 3. The number of aryl methyl sites for hydroxylation is 2. The molecule has 1 aliphatic heterocycles. The molecule has 2 N–H and O–H groups in total. The summed E-state index contributed by atoms with van der Waals surface area (Å²) in [5, 5.41) is 10.4. The second kappa shape index (κ2) is 11.2. The van der Waals surface area contributed by atoms with Gasteiger partial charge in [0.05, 0.1) is 11.0 Å². The second-order valence-corrected chi connectivity index (χ2v) is 8.33. The number of aliphatic imine (C=N–C) groups is 1. The van der Waals surface area contributed by atoms with Gasteiger partial charge in [-0.1, -0.05) is 30.3 Å². The minimum atomic E-state index is 0.399. The van der Waals surface area contributed by atoms with Crippen LogP contribution in [-0.4, -0.2) is 49.1 Å². The number of nitrogens with one attached hydrogen (secondary N) is 2. The van der Waals surface area contributed by atoms with Crippen LogP contribution in [0.4, 0.5) is 0 Å². The average Bonchev–Trinajstić information content (AvgIpc) is 3.39. The molecule has 6 heteroatoms. The van der Waals surface area contributed by atoms with Crippen molar-refractivity contribution in [1.82, 2.24) is 20.5 Å². The number of aromatic nitrogens is 1. The fourth-order valence-electron chi connectivity index (χ4n) is 3.73. The molecule has 152 valence electrons. The van der Waals surface area contributed by atoms with Gasteiger partial charge in [0.15, 0.2) is 5.96 Å². The molecular formula is C22H33N5S. The Morgan fingerprint density at radius 3 is 2.64 bits per heavy atom. The zero-order chi connectivity index (χ0) is 19.6. The Morgan fingerprint density at radius 2 is 1.96 bits per heavy atom. The predicted molar refractivity (Wildman–Crippen MR) is 119 cm³/mol. The molecule has 0 amide bonds. The predicted octanol–water partition coefficient (Wildman–Crippen LogP) is 3.78. The minimum Gasteiger partial charge on any atom is -0.356 e. The Hall–Kier alpha value is -1.92. The molecule has 1 saturated heterocycles. The van der Waals surface area contributed by atoms with Gasteiger partial charge < -0.3 is 10.6 Å². The molecule has 3 rings (SSSR count). The van der Waals surface area contributed by atoms with Crippen molar-refractivity contribution >= 4 is 17.3 Å². The van der Waals surface area contributed by atoms with Crippen molar-refractivity contribution in [2.75, 3.05) is 33.2 Å². The Bertz CT molecular complexity index is 722. The van der Waals surface area contributed by atoms with Gasteiger partial charge in [-0.2, -0.15) is 0 Å². The number of hydrogen-bond acceptors (Lipinski definition) is 4. The monoisotopic (exact) mass is 399 g/mol. The number of rotatable bonds is 9. The summed E-state index contributed by atoms with van der Waals surface area (Å²) >= 11 is 1.77. The van der Waals surface area contributed by atoms with Crippen molar-refractivity contribution in [3.8, 4) is 0 Å². The van der Waals surface area contributed by atoms with E-state index in [1.54, 1.807) is 11.3 Å². The van der Waals surface area contributed by atoms with E-state index in [-0.39, 0.29) is 0 Å². The highest BCUT2D eigenvalue weighted by Gasteiger charge is 2.23. The smallest absolute Gasteiger partial charge is 0.191 e. The zero-order valence-electron chi connectivity index (χ0n) is 17.2. The van der Waals surface area contributed by atoms with E-state index in [1.807, 2.05) is 7.05 Å². The maximum Gasteiger partial charge on any atom is 0.191 e. The van der Waals surface area contributed by atoms with E-state index in [9.17, 15) is 0 Å². The largest absolute Gasteiger partial charge is 0.356 e. The van der Waals surface area contributed by atoms with Crippen LogP contribution in [0.15, 0.2) is 40.7 Å². The van der Waals surface area contributed by atoms with Crippen LogP contribution in [-0.2, 0) is 6.42 Å². The van der Waals surface area contributed by atoms with Gasteiger partial charge >= 0.3 is 0 Å². The Morgan fingerprint density at radius 1 is 1.18 bits per heavy atom. The molecule has 0 saturated carbocycles. The Labute approximate surface area is 173 Å². The summed E-state index contributed by atoms with van der Waals surface area (Å²) in [6.07, 6.45) is 5.94. The normalized spacial score (nSPS) is 16.3. The van der Waals surface area contributed by atoms with Crippen molar-refractivity contribution in [1.29, 1.82) is 0 Å². The first kappa shape index (κ1) is 20.8. The van der Waals surface area contributed by atoms with Gasteiger partial charge in [0.2, 0.25) is 0 Å². The summed E-state index contributed by atoms with van der Waals surface area (Å²) in [5.41, 5.74) is 2.51. The van der Waals surface area contributed by atoms with Crippen LogP contribution in [0.2, 0.25) is 0 Å². The van der Waals surface area contributed by atoms with E-state index in [2.05, 4.69) is 68.1 Å². The molecule has 2 heterocycles. The van der Waals surface area contributed by atoms with Crippen molar-refractivity contribution < 1.29 is 0 Å². The van der Waals surface area contributed by atoms with Crippen LogP contribution in [0.3, 0.4) is 0 Å². The van der Waals surface area contributed by atoms with Crippen LogP contribution < -0.4 is 10.6 Å². The number of likely N-dealkylation sites (tertiary alicyclic amines) is 1. The van der Waals surface area contributed by atoms with Gasteiger partial charge in [-0.25, -0.2) is 4.98 Å². The number of hydrogen-bond donors (Lipinski definition) is 2. The summed E-state index contributed by atoms with van der Waals surface area (Å²) in [7, 11) is 1.85. The fourth-order valence-corrected chi connectivity index (χ4v) is 4.54. The number of guanidine groups is 1. The van der Waals surface area contributed by atoms with E-state index in [0.717, 1.165) is 44.0 Å². The second-order valence-electron chi connectivity index (χ2n) is 7.39. The number of thiazole rings is 1. The molecule has 1 aliphatic rings. The Balaban J connectivity index is 1.42. The third-order valence-electron chi connectivity index (χ3n) is 5.23. The first-order valence-corrected chi connectivity index (χ1v) is 11.3. The van der Waals surface area contributed by atoms with Crippen LogP contribution in [0, 0.1) is 6.92 Å². The lowest BCUT2D eigenvalue weighted by atomic mass is 10.1. The van der Waals surface area contributed by atoms with E-state index < -0.39 is 0 Å². The van der Waals surface area contributed by atoms with Crippen molar-refractivity contribution in [3.05, 3.63) is 52.0 Å². The molecule has 1 fully saturated rings. The minimum absolute atomic E-state index is 0.399.